The first-order valence-electron chi connectivity index (χ1n) is 12.5. The summed E-state index contributed by atoms with van der Waals surface area (Å²) < 4.78 is 18.0. The van der Waals surface area contributed by atoms with Crippen molar-refractivity contribution in [3.63, 3.8) is 0 Å². The fourth-order valence-corrected chi connectivity index (χ4v) is 4.43. The summed E-state index contributed by atoms with van der Waals surface area (Å²) in [6, 6.07) is 28.5. The first kappa shape index (κ1) is 26.8. The molecule has 0 fully saturated rings. The predicted molar refractivity (Wildman–Crippen MR) is 144 cm³/mol. The standard InChI is InChI=1S/C31H32N2O5/c1-22-16-18-24(19-17-22)11-10-20-37-31(25-12-6-4-7-13-25,26-14-8-5-9-15-26)28(29(34)35)38-30-32-23(2)21-27(33-30)36-3/h4-9,12-19,21,28H,10-11,20H2,1-3H3,(H,34,35). The maximum Gasteiger partial charge on any atom is 0.348 e. The monoisotopic (exact) mass is 512 g/mol. The summed E-state index contributed by atoms with van der Waals surface area (Å²) in [5.41, 5.74) is 2.79. The zero-order valence-electron chi connectivity index (χ0n) is 21.8. The number of hydrogen-bond acceptors (Lipinski definition) is 6. The number of aromatic nitrogens is 2. The van der Waals surface area contributed by atoms with Crippen molar-refractivity contribution < 1.29 is 24.1 Å². The van der Waals surface area contributed by atoms with Crippen LogP contribution in [0, 0.1) is 13.8 Å². The average molecular weight is 513 g/mol. The van der Waals surface area contributed by atoms with Gasteiger partial charge in [-0.2, -0.15) is 4.98 Å². The number of carboxylic acids is 1. The normalized spacial score (nSPS) is 12.1. The molecule has 1 aromatic heterocycles. The third kappa shape index (κ3) is 6.18. The highest BCUT2D eigenvalue weighted by Crippen LogP contribution is 2.39. The molecule has 0 amide bonds. The number of rotatable bonds is 12. The summed E-state index contributed by atoms with van der Waals surface area (Å²) in [6.07, 6.45) is -0.0272. The predicted octanol–water partition coefficient (Wildman–Crippen LogP) is 5.53. The molecule has 0 radical (unpaired) electrons. The molecule has 1 atom stereocenters. The van der Waals surface area contributed by atoms with Gasteiger partial charge in [-0.15, -0.1) is 0 Å². The van der Waals surface area contributed by atoms with Crippen LogP contribution in [0.4, 0.5) is 0 Å². The van der Waals surface area contributed by atoms with Crippen molar-refractivity contribution in [2.45, 2.75) is 38.4 Å². The van der Waals surface area contributed by atoms with Crippen LogP contribution in [0.2, 0.25) is 0 Å². The first-order valence-corrected chi connectivity index (χ1v) is 12.5. The lowest BCUT2D eigenvalue weighted by molar-refractivity contribution is -0.164. The van der Waals surface area contributed by atoms with Crippen LogP contribution >= 0.6 is 0 Å². The lowest BCUT2D eigenvalue weighted by atomic mass is 9.81. The Morgan fingerprint density at radius 1 is 0.895 bits per heavy atom. The number of ether oxygens (including phenoxy) is 3. The van der Waals surface area contributed by atoms with Gasteiger partial charge in [0.15, 0.2) is 5.60 Å². The van der Waals surface area contributed by atoms with Crippen molar-refractivity contribution >= 4 is 5.97 Å². The third-order valence-electron chi connectivity index (χ3n) is 6.30. The van der Waals surface area contributed by atoms with Crippen LogP contribution in [0.1, 0.15) is 34.4 Å². The van der Waals surface area contributed by atoms with Crippen molar-refractivity contribution in [2.24, 2.45) is 0 Å². The maximum absolute atomic E-state index is 12.9. The van der Waals surface area contributed by atoms with Crippen molar-refractivity contribution in [1.82, 2.24) is 9.97 Å². The fraction of sp³-hybridized carbons (Fsp3) is 0.258. The summed E-state index contributed by atoms with van der Waals surface area (Å²) in [7, 11) is 1.48. The molecule has 3 aromatic carbocycles. The van der Waals surface area contributed by atoms with Gasteiger partial charge in [0.05, 0.1) is 7.11 Å². The molecular weight excluding hydrogens is 480 g/mol. The van der Waals surface area contributed by atoms with E-state index in [4.69, 9.17) is 14.2 Å². The zero-order chi connectivity index (χ0) is 27.0. The van der Waals surface area contributed by atoms with E-state index in [1.165, 1.54) is 18.2 Å². The van der Waals surface area contributed by atoms with E-state index < -0.39 is 17.7 Å². The van der Waals surface area contributed by atoms with E-state index in [1.54, 1.807) is 13.0 Å². The summed E-state index contributed by atoms with van der Waals surface area (Å²) in [5.74, 6) is -0.930. The molecule has 0 aliphatic heterocycles. The van der Waals surface area contributed by atoms with Gasteiger partial charge in [-0.1, -0.05) is 90.5 Å². The minimum Gasteiger partial charge on any atom is -0.481 e. The molecule has 38 heavy (non-hydrogen) atoms. The Bertz CT molecular complexity index is 1290. The average Bonchev–Trinajstić information content (AvgIpc) is 2.94. The molecule has 1 N–H and O–H groups in total. The van der Waals surface area contributed by atoms with Gasteiger partial charge in [0, 0.05) is 18.4 Å². The lowest BCUT2D eigenvalue weighted by Gasteiger charge is -2.39. The van der Waals surface area contributed by atoms with Crippen LogP contribution in [-0.2, 0) is 21.6 Å². The van der Waals surface area contributed by atoms with Crippen LogP contribution in [0.15, 0.2) is 91.0 Å². The van der Waals surface area contributed by atoms with Gasteiger partial charge in [0.1, 0.15) is 0 Å². The van der Waals surface area contributed by atoms with E-state index >= 15 is 0 Å². The van der Waals surface area contributed by atoms with E-state index in [-0.39, 0.29) is 11.9 Å². The van der Waals surface area contributed by atoms with Crippen molar-refractivity contribution in [2.75, 3.05) is 13.7 Å². The highest BCUT2D eigenvalue weighted by Gasteiger charge is 2.50. The summed E-state index contributed by atoms with van der Waals surface area (Å²) in [6.45, 7) is 4.11. The fourth-order valence-electron chi connectivity index (χ4n) is 4.43. The second-order valence-electron chi connectivity index (χ2n) is 9.08. The number of carbonyl (C=O) groups is 1. The number of aryl methyl sites for hydroxylation is 3. The third-order valence-corrected chi connectivity index (χ3v) is 6.30. The molecule has 0 saturated carbocycles. The topological polar surface area (TPSA) is 90.8 Å². The molecule has 0 bridgehead atoms. The minimum atomic E-state index is -1.50. The number of benzene rings is 3. The van der Waals surface area contributed by atoms with E-state index in [1.807, 2.05) is 60.7 Å². The van der Waals surface area contributed by atoms with Gasteiger partial charge in [0.2, 0.25) is 12.0 Å². The second-order valence-corrected chi connectivity index (χ2v) is 9.08. The van der Waals surface area contributed by atoms with E-state index in [0.29, 0.717) is 29.8 Å². The smallest absolute Gasteiger partial charge is 0.348 e. The second kappa shape index (κ2) is 12.3. The summed E-state index contributed by atoms with van der Waals surface area (Å²) in [4.78, 5) is 21.5. The Balaban J connectivity index is 1.75. The molecule has 0 spiro atoms. The Hall–Kier alpha value is -4.23. The molecule has 7 heteroatoms. The number of nitrogens with zero attached hydrogens (tertiary/aromatic N) is 2. The highest BCUT2D eigenvalue weighted by molar-refractivity contribution is 5.76. The van der Waals surface area contributed by atoms with Gasteiger partial charge in [-0.3, -0.25) is 0 Å². The Labute approximate surface area is 223 Å². The van der Waals surface area contributed by atoms with Gasteiger partial charge in [0.25, 0.3) is 0 Å². The highest BCUT2D eigenvalue weighted by atomic mass is 16.6. The van der Waals surface area contributed by atoms with E-state index in [0.717, 1.165) is 6.42 Å². The Morgan fingerprint density at radius 3 is 2.05 bits per heavy atom. The van der Waals surface area contributed by atoms with Crippen LogP contribution in [-0.4, -0.2) is 40.9 Å². The van der Waals surface area contributed by atoms with Crippen LogP contribution in [0.25, 0.3) is 0 Å². The Morgan fingerprint density at radius 2 is 1.50 bits per heavy atom. The van der Waals surface area contributed by atoms with E-state index in [2.05, 4.69) is 41.2 Å². The van der Waals surface area contributed by atoms with Crippen molar-refractivity contribution in [3.05, 3.63) is 119 Å². The zero-order valence-corrected chi connectivity index (χ0v) is 21.8. The Kier molecular flexibility index (Phi) is 8.71. The largest absolute Gasteiger partial charge is 0.481 e. The van der Waals surface area contributed by atoms with Gasteiger partial charge >= 0.3 is 12.0 Å². The maximum atomic E-state index is 12.9. The van der Waals surface area contributed by atoms with Crippen molar-refractivity contribution in [3.8, 4) is 11.9 Å². The first-order chi connectivity index (χ1) is 18.4. The van der Waals surface area contributed by atoms with Crippen LogP contribution < -0.4 is 9.47 Å². The molecule has 0 saturated heterocycles. The SMILES string of the molecule is COc1cc(C)nc(OC(C(=O)O)C(OCCCc2ccc(C)cc2)(c2ccccc2)c2ccccc2)n1. The molecular formula is C31H32N2O5. The van der Waals surface area contributed by atoms with Gasteiger partial charge < -0.3 is 19.3 Å². The number of carboxylic acid groups (broad SMARTS) is 1. The molecule has 196 valence electrons. The molecule has 1 heterocycles. The van der Waals surface area contributed by atoms with Crippen LogP contribution in [0.3, 0.4) is 0 Å². The molecule has 0 aliphatic rings. The molecule has 1 unspecified atom stereocenters. The van der Waals surface area contributed by atoms with E-state index in [9.17, 15) is 9.90 Å². The van der Waals surface area contributed by atoms with Gasteiger partial charge in [-0.25, -0.2) is 9.78 Å². The molecule has 4 rings (SSSR count). The van der Waals surface area contributed by atoms with Gasteiger partial charge in [-0.05, 0) is 43.4 Å². The summed E-state index contributed by atoms with van der Waals surface area (Å²) in [5, 5.41) is 10.6. The quantitative estimate of drug-likeness (QED) is 0.250. The number of hydrogen-bond donors (Lipinski definition) is 1. The molecule has 7 nitrogen and oxygen atoms in total. The molecule has 0 aliphatic carbocycles. The minimum absolute atomic E-state index is 0.103. The summed E-state index contributed by atoms with van der Waals surface area (Å²) >= 11 is 0. The van der Waals surface area contributed by atoms with Crippen molar-refractivity contribution in [1.29, 1.82) is 0 Å². The van der Waals surface area contributed by atoms with Crippen LogP contribution in [0.5, 0.6) is 11.9 Å². The lowest BCUT2D eigenvalue weighted by Crippen LogP contribution is -2.51. The molecule has 4 aromatic rings. The number of methoxy groups -OCH3 is 1. The number of aliphatic carboxylic acids is 1.